The topological polar surface area (TPSA) is 69.3 Å². The number of amides is 1. The molecule has 2 saturated heterocycles. The van der Waals surface area contributed by atoms with Gasteiger partial charge in [0.05, 0.1) is 27.8 Å². The second-order valence-electron chi connectivity index (χ2n) is 7.55. The molecule has 6 nitrogen and oxygen atoms in total. The summed E-state index contributed by atoms with van der Waals surface area (Å²) in [4.78, 5) is 19.6. The van der Waals surface area contributed by atoms with E-state index in [4.69, 9.17) is 4.98 Å². The fraction of sp³-hybridized carbons (Fsp3) is 0.579. The number of rotatable bonds is 4. The molecule has 2 aliphatic heterocycles. The molecule has 0 saturated carbocycles. The smallest absolute Gasteiger partial charge is 0.234 e. The molecule has 2 aromatic rings. The van der Waals surface area contributed by atoms with Crippen molar-refractivity contribution in [3.8, 4) is 0 Å². The predicted octanol–water partition coefficient (Wildman–Crippen LogP) is 1.85. The fourth-order valence-electron chi connectivity index (χ4n) is 4.03. The minimum absolute atomic E-state index is 0.115. The van der Waals surface area contributed by atoms with Crippen molar-refractivity contribution in [1.82, 2.24) is 26.1 Å². The van der Waals surface area contributed by atoms with Gasteiger partial charge >= 0.3 is 0 Å². The van der Waals surface area contributed by atoms with Crippen molar-refractivity contribution in [2.45, 2.75) is 50.7 Å². The summed E-state index contributed by atoms with van der Waals surface area (Å²) in [6.45, 7) is 6.55. The van der Waals surface area contributed by atoms with Gasteiger partial charge in [0.1, 0.15) is 0 Å². The SMILES string of the molecule is CC1NNC(C)C1NC(=O)CN1CCCC(c2nc3ccccc3s2)C1. The summed E-state index contributed by atoms with van der Waals surface area (Å²) < 4.78 is 1.25. The maximum atomic E-state index is 12.5. The van der Waals surface area contributed by atoms with E-state index in [1.165, 1.54) is 9.71 Å². The fourth-order valence-corrected chi connectivity index (χ4v) is 5.12. The molecule has 0 radical (unpaired) electrons. The van der Waals surface area contributed by atoms with Crippen molar-refractivity contribution in [3.05, 3.63) is 29.3 Å². The van der Waals surface area contributed by atoms with Gasteiger partial charge in [-0.3, -0.25) is 20.5 Å². The molecule has 3 heterocycles. The largest absolute Gasteiger partial charge is 0.349 e. The highest BCUT2D eigenvalue weighted by atomic mass is 32.1. The average molecular weight is 374 g/mol. The normalized spacial score (nSPS) is 29.9. The highest BCUT2D eigenvalue weighted by Gasteiger charge is 2.32. The van der Waals surface area contributed by atoms with Crippen LogP contribution >= 0.6 is 11.3 Å². The molecule has 0 aliphatic carbocycles. The Labute approximate surface area is 158 Å². The monoisotopic (exact) mass is 373 g/mol. The lowest BCUT2D eigenvalue weighted by atomic mass is 9.98. The Morgan fingerprint density at radius 2 is 2.08 bits per heavy atom. The first kappa shape index (κ1) is 17.9. The molecule has 1 aromatic heterocycles. The molecule has 3 N–H and O–H groups in total. The van der Waals surface area contributed by atoms with E-state index in [0.717, 1.165) is 31.4 Å². The van der Waals surface area contributed by atoms with Crippen LogP contribution in [0.1, 0.15) is 37.6 Å². The van der Waals surface area contributed by atoms with Crippen molar-refractivity contribution in [1.29, 1.82) is 0 Å². The van der Waals surface area contributed by atoms with E-state index in [1.807, 2.05) is 6.07 Å². The summed E-state index contributed by atoms with van der Waals surface area (Å²) in [6.07, 6.45) is 2.27. The highest BCUT2D eigenvalue weighted by molar-refractivity contribution is 7.18. The van der Waals surface area contributed by atoms with Gasteiger partial charge in [-0.2, -0.15) is 0 Å². The molecular weight excluding hydrogens is 346 g/mol. The van der Waals surface area contributed by atoms with E-state index in [-0.39, 0.29) is 24.0 Å². The first-order valence-corrected chi connectivity index (χ1v) is 10.3. The van der Waals surface area contributed by atoms with Crippen LogP contribution in [0.25, 0.3) is 10.2 Å². The van der Waals surface area contributed by atoms with E-state index >= 15 is 0 Å². The summed E-state index contributed by atoms with van der Waals surface area (Å²) in [5.41, 5.74) is 7.46. The van der Waals surface area contributed by atoms with Crippen LogP contribution in [0, 0.1) is 0 Å². The van der Waals surface area contributed by atoms with Crippen LogP contribution in [-0.4, -0.2) is 53.6 Å². The molecule has 2 aliphatic rings. The molecule has 0 bridgehead atoms. The summed E-state index contributed by atoms with van der Waals surface area (Å²) in [6, 6.07) is 8.93. The third-order valence-electron chi connectivity index (χ3n) is 5.48. The van der Waals surface area contributed by atoms with Gasteiger partial charge in [0.2, 0.25) is 5.91 Å². The number of piperidine rings is 1. The molecule has 4 rings (SSSR count). The van der Waals surface area contributed by atoms with E-state index < -0.39 is 0 Å². The van der Waals surface area contributed by atoms with Crippen LogP contribution in [0.4, 0.5) is 0 Å². The van der Waals surface area contributed by atoms with Gasteiger partial charge < -0.3 is 5.32 Å². The van der Waals surface area contributed by atoms with Crippen LogP contribution in [0.3, 0.4) is 0 Å². The van der Waals surface area contributed by atoms with Gasteiger partial charge in [0.15, 0.2) is 0 Å². The number of aromatic nitrogens is 1. The van der Waals surface area contributed by atoms with Crippen LogP contribution in [0.5, 0.6) is 0 Å². The Hall–Kier alpha value is -1.54. The number of carbonyl (C=O) groups excluding carboxylic acids is 1. The minimum atomic E-state index is 0.115. The zero-order chi connectivity index (χ0) is 18.1. The molecule has 1 aromatic carbocycles. The lowest BCUT2D eigenvalue weighted by molar-refractivity contribution is -0.123. The molecule has 140 valence electrons. The van der Waals surface area contributed by atoms with Gasteiger partial charge in [0, 0.05) is 24.5 Å². The number of hydrogen-bond donors (Lipinski definition) is 3. The van der Waals surface area contributed by atoms with Gasteiger partial charge in [-0.1, -0.05) is 12.1 Å². The van der Waals surface area contributed by atoms with Gasteiger partial charge in [-0.25, -0.2) is 4.98 Å². The summed E-state index contributed by atoms with van der Waals surface area (Å²) in [5, 5.41) is 4.39. The van der Waals surface area contributed by atoms with E-state index in [0.29, 0.717) is 12.5 Å². The van der Waals surface area contributed by atoms with E-state index in [1.54, 1.807) is 11.3 Å². The van der Waals surface area contributed by atoms with Crippen molar-refractivity contribution in [2.24, 2.45) is 0 Å². The highest BCUT2D eigenvalue weighted by Crippen LogP contribution is 2.32. The van der Waals surface area contributed by atoms with E-state index in [9.17, 15) is 4.79 Å². The minimum Gasteiger partial charge on any atom is -0.349 e. The van der Waals surface area contributed by atoms with Gasteiger partial charge in [0.25, 0.3) is 0 Å². The molecule has 2 fully saturated rings. The molecule has 1 amide bonds. The standard InChI is InChI=1S/C19H27N5OS/c1-12-18(13(2)23-22-12)21-17(25)11-24-9-5-6-14(10-24)19-20-15-7-3-4-8-16(15)26-19/h3-4,7-8,12-14,18,22-23H,5-6,9-11H2,1-2H3,(H,21,25). The number of carbonyl (C=O) groups is 1. The van der Waals surface area contributed by atoms with Gasteiger partial charge in [-0.15, -0.1) is 11.3 Å². The molecule has 7 heteroatoms. The zero-order valence-electron chi connectivity index (χ0n) is 15.4. The second-order valence-corrected chi connectivity index (χ2v) is 8.62. The first-order chi connectivity index (χ1) is 12.6. The number of hydrazine groups is 1. The van der Waals surface area contributed by atoms with Crippen LogP contribution in [-0.2, 0) is 4.79 Å². The van der Waals surface area contributed by atoms with Crippen molar-refractivity contribution < 1.29 is 4.79 Å². The maximum Gasteiger partial charge on any atom is 0.234 e. The number of benzene rings is 1. The summed E-state index contributed by atoms with van der Waals surface area (Å²) in [5.74, 6) is 0.547. The predicted molar refractivity (Wildman–Crippen MR) is 105 cm³/mol. The number of nitrogens with zero attached hydrogens (tertiary/aromatic N) is 2. The third-order valence-corrected chi connectivity index (χ3v) is 6.67. The number of thiazole rings is 1. The Bertz CT molecular complexity index is 735. The molecule has 0 spiro atoms. The molecule has 3 atom stereocenters. The van der Waals surface area contributed by atoms with Crippen LogP contribution in [0.2, 0.25) is 0 Å². The Morgan fingerprint density at radius 3 is 2.85 bits per heavy atom. The molecule has 3 unspecified atom stereocenters. The molecule has 26 heavy (non-hydrogen) atoms. The number of fused-ring (bicyclic) bond motifs is 1. The first-order valence-electron chi connectivity index (χ1n) is 9.48. The lowest BCUT2D eigenvalue weighted by Crippen LogP contribution is -2.50. The summed E-state index contributed by atoms with van der Waals surface area (Å²) >= 11 is 1.80. The van der Waals surface area contributed by atoms with Gasteiger partial charge in [-0.05, 0) is 45.4 Å². The number of para-hydroxylation sites is 1. The van der Waals surface area contributed by atoms with Crippen LogP contribution < -0.4 is 16.2 Å². The average Bonchev–Trinajstić information content (AvgIpc) is 3.20. The third kappa shape index (κ3) is 3.76. The zero-order valence-corrected chi connectivity index (χ0v) is 16.2. The van der Waals surface area contributed by atoms with E-state index in [2.05, 4.69) is 53.1 Å². The van der Waals surface area contributed by atoms with Crippen LogP contribution in [0.15, 0.2) is 24.3 Å². The lowest BCUT2D eigenvalue weighted by Gasteiger charge is -2.31. The molecular formula is C19H27N5OS. The summed E-state index contributed by atoms with van der Waals surface area (Å²) in [7, 11) is 0. The number of likely N-dealkylation sites (tertiary alicyclic amines) is 1. The maximum absolute atomic E-state index is 12.5. The second kappa shape index (κ2) is 7.60. The Kier molecular flexibility index (Phi) is 5.22. The Balaban J connectivity index is 1.36. The Morgan fingerprint density at radius 1 is 1.31 bits per heavy atom. The quantitative estimate of drug-likeness (QED) is 0.763. The van der Waals surface area contributed by atoms with Crippen molar-refractivity contribution >= 4 is 27.5 Å². The number of nitrogens with one attached hydrogen (secondary N) is 3. The van der Waals surface area contributed by atoms with Crippen molar-refractivity contribution in [3.63, 3.8) is 0 Å². The number of hydrogen-bond acceptors (Lipinski definition) is 6. The van der Waals surface area contributed by atoms with Crippen molar-refractivity contribution in [2.75, 3.05) is 19.6 Å².